The number of hydrogen-bond donors (Lipinski definition) is 0. The van der Waals surface area contributed by atoms with E-state index in [1.54, 1.807) is 42.9 Å². The maximum atomic E-state index is 13.2. The van der Waals surface area contributed by atoms with Crippen molar-refractivity contribution in [2.75, 3.05) is 6.26 Å². The van der Waals surface area contributed by atoms with E-state index in [0.717, 1.165) is 17.3 Å². The number of nitrogens with zero attached hydrogens (tertiary/aromatic N) is 4. The summed E-state index contributed by atoms with van der Waals surface area (Å²) in [5.74, 6) is 0. The molecule has 162 valence electrons. The van der Waals surface area contributed by atoms with Gasteiger partial charge in [-0.2, -0.15) is 8.42 Å². The van der Waals surface area contributed by atoms with Gasteiger partial charge in [-0.1, -0.05) is 17.7 Å². The van der Waals surface area contributed by atoms with Crippen molar-refractivity contribution < 1.29 is 21.0 Å². The van der Waals surface area contributed by atoms with Crippen LogP contribution in [0.15, 0.2) is 53.9 Å². The van der Waals surface area contributed by atoms with Gasteiger partial charge in [0.2, 0.25) is 0 Å². The van der Waals surface area contributed by atoms with Crippen molar-refractivity contribution in [2.24, 2.45) is 0 Å². The molecular formula is C20H20N4O5S2. The molecule has 0 aliphatic heterocycles. The predicted molar refractivity (Wildman–Crippen MR) is 115 cm³/mol. The van der Waals surface area contributed by atoms with Gasteiger partial charge in [-0.3, -0.25) is 4.18 Å². The third-order valence-corrected chi connectivity index (χ3v) is 7.87. The molecule has 1 aromatic carbocycles. The zero-order chi connectivity index (χ0) is 22.0. The Hall–Kier alpha value is -2.76. The number of aryl methyl sites for hydroxylation is 1. The topological polar surface area (TPSA) is 113 Å². The Morgan fingerprint density at radius 2 is 1.74 bits per heavy atom. The van der Waals surface area contributed by atoms with Gasteiger partial charge in [0.1, 0.15) is 5.52 Å². The SMILES string of the molecule is Cc1ccc(S(=O)(=O)n2ccc3c2ncc2ncn([C@H]4C[C@@H](OS(C)(=O)=O)C4)c23)cc1. The van der Waals surface area contributed by atoms with Gasteiger partial charge in [0, 0.05) is 17.6 Å². The van der Waals surface area contributed by atoms with Crippen molar-refractivity contribution in [1.82, 2.24) is 18.5 Å². The fourth-order valence-electron chi connectivity index (χ4n) is 3.97. The number of hydrogen-bond acceptors (Lipinski definition) is 7. The van der Waals surface area contributed by atoms with Crippen LogP contribution in [-0.4, -0.2) is 47.7 Å². The van der Waals surface area contributed by atoms with Crippen LogP contribution in [0.2, 0.25) is 0 Å². The molecule has 4 aromatic rings. The minimum atomic E-state index is -3.81. The van der Waals surface area contributed by atoms with Gasteiger partial charge in [-0.05, 0) is 38.0 Å². The Labute approximate surface area is 179 Å². The van der Waals surface area contributed by atoms with Crippen molar-refractivity contribution in [3.63, 3.8) is 0 Å². The van der Waals surface area contributed by atoms with Gasteiger partial charge in [0.25, 0.3) is 20.1 Å². The van der Waals surface area contributed by atoms with E-state index in [1.165, 1.54) is 10.2 Å². The van der Waals surface area contributed by atoms with Gasteiger partial charge >= 0.3 is 0 Å². The molecule has 1 saturated carbocycles. The molecule has 0 atom stereocenters. The zero-order valence-electron chi connectivity index (χ0n) is 16.8. The molecule has 0 radical (unpaired) electrons. The monoisotopic (exact) mass is 460 g/mol. The second-order valence-corrected chi connectivity index (χ2v) is 11.3. The summed E-state index contributed by atoms with van der Waals surface area (Å²) < 4.78 is 57.2. The summed E-state index contributed by atoms with van der Waals surface area (Å²) in [6, 6.07) is 8.40. The summed E-state index contributed by atoms with van der Waals surface area (Å²) in [7, 11) is -7.31. The van der Waals surface area contributed by atoms with Crippen molar-refractivity contribution in [1.29, 1.82) is 0 Å². The lowest BCUT2D eigenvalue weighted by molar-refractivity contribution is 0.0793. The Kier molecular flexibility index (Phi) is 4.47. The van der Waals surface area contributed by atoms with Crippen LogP contribution in [0.4, 0.5) is 0 Å². The number of fused-ring (bicyclic) bond motifs is 3. The van der Waals surface area contributed by atoms with E-state index >= 15 is 0 Å². The molecule has 11 heteroatoms. The third kappa shape index (κ3) is 3.42. The van der Waals surface area contributed by atoms with Crippen molar-refractivity contribution in [3.05, 3.63) is 54.6 Å². The highest BCUT2D eigenvalue weighted by atomic mass is 32.2. The lowest BCUT2D eigenvalue weighted by Crippen LogP contribution is -2.34. The molecule has 5 rings (SSSR count). The first-order chi connectivity index (χ1) is 14.6. The summed E-state index contributed by atoms with van der Waals surface area (Å²) in [5, 5.41) is 0.665. The molecule has 0 saturated heterocycles. The quantitative estimate of drug-likeness (QED) is 0.421. The first-order valence-corrected chi connectivity index (χ1v) is 12.9. The fraction of sp³-hybridized carbons (Fsp3) is 0.300. The number of benzene rings is 1. The second-order valence-electron chi connectivity index (χ2n) is 7.86. The molecule has 9 nitrogen and oxygen atoms in total. The van der Waals surface area contributed by atoms with Gasteiger partial charge in [0.15, 0.2) is 5.65 Å². The molecule has 0 spiro atoms. The van der Waals surface area contributed by atoms with Gasteiger partial charge < -0.3 is 4.57 Å². The van der Waals surface area contributed by atoms with Crippen molar-refractivity contribution in [3.8, 4) is 0 Å². The Morgan fingerprint density at radius 3 is 2.42 bits per heavy atom. The van der Waals surface area contributed by atoms with Crippen LogP contribution in [0, 0.1) is 6.92 Å². The second kappa shape index (κ2) is 6.87. The molecule has 0 unspecified atom stereocenters. The summed E-state index contributed by atoms with van der Waals surface area (Å²) in [5.41, 5.74) is 2.70. The minimum absolute atomic E-state index is 0.0133. The standard InChI is InChI=1S/C20H20N4O5S2/c1-13-3-5-16(6-4-13)31(27,28)24-8-7-17-19-18(11-21-20(17)24)22-12-23(19)14-9-15(10-14)29-30(2,25)26/h3-8,11-12,14-15H,9-10H2,1-2H3/t14-,15+. The Bertz CT molecular complexity index is 1510. The van der Waals surface area contributed by atoms with E-state index in [0.29, 0.717) is 29.4 Å². The smallest absolute Gasteiger partial charge is 0.269 e. The number of rotatable bonds is 5. The highest BCUT2D eigenvalue weighted by molar-refractivity contribution is 7.90. The molecule has 0 amide bonds. The average Bonchev–Trinajstić information content (AvgIpc) is 3.28. The first kappa shape index (κ1) is 20.2. The Morgan fingerprint density at radius 1 is 1.03 bits per heavy atom. The van der Waals surface area contributed by atoms with E-state index in [9.17, 15) is 16.8 Å². The maximum absolute atomic E-state index is 13.2. The van der Waals surface area contributed by atoms with E-state index in [1.807, 2.05) is 11.5 Å². The molecule has 1 aliphatic carbocycles. The Balaban J connectivity index is 1.56. The molecule has 0 bridgehead atoms. The van der Waals surface area contributed by atoms with Crippen LogP contribution in [0.3, 0.4) is 0 Å². The zero-order valence-corrected chi connectivity index (χ0v) is 18.5. The number of aromatic nitrogens is 4. The lowest BCUT2D eigenvalue weighted by Gasteiger charge is -2.35. The summed E-state index contributed by atoms with van der Waals surface area (Å²) in [6.45, 7) is 1.90. The van der Waals surface area contributed by atoms with Gasteiger partial charge in [-0.15, -0.1) is 0 Å². The van der Waals surface area contributed by atoms with Crippen LogP contribution in [0.5, 0.6) is 0 Å². The largest absolute Gasteiger partial charge is 0.327 e. The van der Waals surface area contributed by atoms with E-state index in [2.05, 4.69) is 9.97 Å². The highest BCUT2D eigenvalue weighted by Gasteiger charge is 2.35. The molecule has 31 heavy (non-hydrogen) atoms. The summed E-state index contributed by atoms with van der Waals surface area (Å²) in [6.07, 6.45) is 6.48. The average molecular weight is 461 g/mol. The van der Waals surface area contributed by atoms with E-state index < -0.39 is 20.1 Å². The number of imidazole rings is 1. The highest BCUT2D eigenvalue weighted by Crippen LogP contribution is 2.38. The molecule has 3 aromatic heterocycles. The van der Waals surface area contributed by atoms with Crippen LogP contribution >= 0.6 is 0 Å². The van der Waals surface area contributed by atoms with Crippen LogP contribution in [-0.2, 0) is 24.3 Å². The number of pyridine rings is 1. The summed E-state index contributed by atoms with van der Waals surface area (Å²) in [4.78, 5) is 8.94. The van der Waals surface area contributed by atoms with Crippen molar-refractivity contribution >= 4 is 42.2 Å². The molecule has 3 heterocycles. The van der Waals surface area contributed by atoms with Crippen LogP contribution in [0.1, 0.15) is 24.4 Å². The lowest BCUT2D eigenvalue weighted by atomic mass is 9.89. The fourth-order valence-corrected chi connectivity index (χ4v) is 5.93. The van der Waals surface area contributed by atoms with E-state index in [-0.39, 0.29) is 17.0 Å². The predicted octanol–water partition coefficient (Wildman–Crippen LogP) is 2.61. The van der Waals surface area contributed by atoms with Crippen LogP contribution in [0.25, 0.3) is 22.1 Å². The normalized spacial score (nSPS) is 19.7. The van der Waals surface area contributed by atoms with Gasteiger partial charge in [-0.25, -0.2) is 22.4 Å². The molecular weight excluding hydrogens is 440 g/mol. The first-order valence-electron chi connectivity index (χ1n) is 9.66. The van der Waals surface area contributed by atoms with Crippen molar-refractivity contribution in [2.45, 2.75) is 36.8 Å². The molecule has 1 fully saturated rings. The third-order valence-electron chi connectivity index (χ3n) is 5.56. The van der Waals surface area contributed by atoms with E-state index in [4.69, 9.17) is 4.18 Å². The molecule has 0 N–H and O–H groups in total. The minimum Gasteiger partial charge on any atom is -0.327 e. The van der Waals surface area contributed by atoms with Crippen LogP contribution < -0.4 is 0 Å². The van der Waals surface area contributed by atoms with Gasteiger partial charge in [0.05, 0.1) is 35.3 Å². The summed E-state index contributed by atoms with van der Waals surface area (Å²) >= 11 is 0. The maximum Gasteiger partial charge on any atom is 0.269 e. The molecule has 1 aliphatic rings.